The first-order valence-electron chi connectivity index (χ1n) is 7.74. The third-order valence-corrected chi connectivity index (χ3v) is 3.99. The number of para-hydroxylation sites is 1. The van der Waals surface area contributed by atoms with E-state index in [2.05, 4.69) is 15.2 Å². The highest BCUT2D eigenvalue weighted by Gasteiger charge is 2.16. The van der Waals surface area contributed by atoms with E-state index >= 15 is 0 Å². The maximum atomic E-state index is 11.2. The van der Waals surface area contributed by atoms with Crippen molar-refractivity contribution < 1.29 is 9.66 Å². The van der Waals surface area contributed by atoms with Gasteiger partial charge in [0.15, 0.2) is 5.52 Å². The van der Waals surface area contributed by atoms with E-state index in [1.807, 2.05) is 19.1 Å². The van der Waals surface area contributed by atoms with Crippen molar-refractivity contribution in [2.24, 2.45) is 0 Å². The van der Waals surface area contributed by atoms with Gasteiger partial charge < -0.3 is 10.1 Å². The Labute approximate surface area is 134 Å². The SMILES string of the molecule is Cc1cc(NCCN2CCOCC2)c2cccc([N+](=O)[O-])c2n1. The highest BCUT2D eigenvalue weighted by molar-refractivity contribution is 5.96. The number of morpholine rings is 1. The van der Waals surface area contributed by atoms with Gasteiger partial charge in [-0.05, 0) is 13.0 Å². The molecule has 1 fully saturated rings. The average molecular weight is 316 g/mol. The number of rotatable bonds is 5. The van der Waals surface area contributed by atoms with Crippen molar-refractivity contribution in [3.63, 3.8) is 0 Å². The van der Waals surface area contributed by atoms with Crippen molar-refractivity contribution in [1.29, 1.82) is 0 Å². The van der Waals surface area contributed by atoms with Crippen molar-refractivity contribution in [3.05, 3.63) is 40.1 Å². The number of hydrogen-bond donors (Lipinski definition) is 1. The number of fused-ring (bicyclic) bond motifs is 1. The molecule has 0 saturated carbocycles. The van der Waals surface area contributed by atoms with E-state index in [1.54, 1.807) is 6.07 Å². The lowest BCUT2D eigenvalue weighted by Crippen LogP contribution is -2.39. The standard InChI is InChI=1S/C16H20N4O3/c1-12-11-14(17-5-6-19-7-9-23-10-8-19)13-3-2-4-15(20(21)22)16(13)18-12/h2-4,11H,5-10H2,1H3,(H,17,18). The van der Waals surface area contributed by atoms with Gasteiger partial charge in [0.1, 0.15) is 0 Å². The molecule has 1 aromatic heterocycles. The zero-order chi connectivity index (χ0) is 16.2. The molecule has 23 heavy (non-hydrogen) atoms. The molecule has 3 rings (SSSR count). The van der Waals surface area contributed by atoms with Crippen LogP contribution < -0.4 is 5.32 Å². The zero-order valence-corrected chi connectivity index (χ0v) is 13.1. The van der Waals surface area contributed by atoms with Crippen LogP contribution in [0.25, 0.3) is 10.9 Å². The predicted octanol–water partition coefficient (Wildman–Crippen LogP) is 2.20. The lowest BCUT2D eigenvalue weighted by molar-refractivity contribution is -0.383. The molecule has 1 aromatic carbocycles. The molecular weight excluding hydrogens is 296 g/mol. The summed E-state index contributed by atoms with van der Waals surface area (Å²) in [4.78, 5) is 17.5. The van der Waals surface area contributed by atoms with E-state index < -0.39 is 0 Å². The van der Waals surface area contributed by atoms with Crippen LogP contribution in [0.5, 0.6) is 0 Å². The fraction of sp³-hybridized carbons (Fsp3) is 0.438. The maximum absolute atomic E-state index is 11.2. The minimum absolute atomic E-state index is 0.0439. The van der Waals surface area contributed by atoms with Gasteiger partial charge in [0, 0.05) is 49.0 Å². The van der Waals surface area contributed by atoms with Gasteiger partial charge in [-0.1, -0.05) is 12.1 Å². The first-order chi connectivity index (χ1) is 11.1. The number of aryl methyl sites for hydroxylation is 1. The summed E-state index contributed by atoms with van der Waals surface area (Å²) in [6.45, 7) is 7.01. The van der Waals surface area contributed by atoms with Crippen LogP contribution in [0.2, 0.25) is 0 Å². The number of nitrogens with one attached hydrogen (secondary N) is 1. The Bertz CT molecular complexity index is 714. The Morgan fingerprint density at radius 2 is 2.17 bits per heavy atom. The lowest BCUT2D eigenvalue weighted by atomic mass is 10.1. The van der Waals surface area contributed by atoms with E-state index in [0.717, 1.165) is 56.2 Å². The Kier molecular flexibility index (Phi) is 4.68. The van der Waals surface area contributed by atoms with Gasteiger partial charge in [0.2, 0.25) is 0 Å². The number of nitrogens with zero attached hydrogens (tertiary/aromatic N) is 3. The summed E-state index contributed by atoms with van der Waals surface area (Å²) in [6.07, 6.45) is 0. The quantitative estimate of drug-likeness (QED) is 0.673. The number of anilines is 1. The first kappa shape index (κ1) is 15.6. The van der Waals surface area contributed by atoms with E-state index in [1.165, 1.54) is 6.07 Å². The second-order valence-corrected chi connectivity index (χ2v) is 5.62. The Morgan fingerprint density at radius 1 is 1.39 bits per heavy atom. The molecule has 1 N–H and O–H groups in total. The van der Waals surface area contributed by atoms with Crippen LogP contribution in [0.4, 0.5) is 11.4 Å². The van der Waals surface area contributed by atoms with Crippen LogP contribution in [0.15, 0.2) is 24.3 Å². The van der Waals surface area contributed by atoms with E-state index in [9.17, 15) is 10.1 Å². The van der Waals surface area contributed by atoms with E-state index in [4.69, 9.17) is 4.74 Å². The van der Waals surface area contributed by atoms with Crippen molar-refractivity contribution in [2.45, 2.75) is 6.92 Å². The smallest absolute Gasteiger partial charge is 0.295 e. The molecule has 7 nitrogen and oxygen atoms in total. The van der Waals surface area contributed by atoms with Gasteiger partial charge in [-0.25, -0.2) is 4.98 Å². The second kappa shape index (κ2) is 6.89. The van der Waals surface area contributed by atoms with E-state index in [-0.39, 0.29) is 10.6 Å². The monoisotopic (exact) mass is 316 g/mol. The molecule has 0 unspecified atom stereocenters. The number of benzene rings is 1. The van der Waals surface area contributed by atoms with Gasteiger partial charge in [-0.15, -0.1) is 0 Å². The number of pyridine rings is 1. The molecular formula is C16H20N4O3. The number of non-ortho nitro benzene ring substituents is 1. The van der Waals surface area contributed by atoms with Crippen molar-refractivity contribution >= 4 is 22.3 Å². The lowest BCUT2D eigenvalue weighted by Gasteiger charge is -2.26. The topological polar surface area (TPSA) is 80.5 Å². The van der Waals surface area contributed by atoms with Crippen molar-refractivity contribution in [3.8, 4) is 0 Å². The van der Waals surface area contributed by atoms with Crippen LogP contribution in [-0.2, 0) is 4.74 Å². The molecule has 122 valence electrons. The number of hydrogen-bond acceptors (Lipinski definition) is 6. The van der Waals surface area contributed by atoms with E-state index in [0.29, 0.717) is 5.52 Å². The molecule has 0 spiro atoms. The Morgan fingerprint density at radius 3 is 2.91 bits per heavy atom. The second-order valence-electron chi connectivity index (χ2n) is 5.62. The molecule has 0 bridgehead atoms. The highest BCUT2D eigenvalue weighted by atomic mass is 16.6. The van der Waals surface area contributed by atoms with Crippen LogP contribution in [0, 0.1) is 17.0 Å². The molecule has 0 aliphatic carbocycles. The summed E-state index contributed by atoms with van der Waals surface area (Å²) in [5.74, 6) is 0. The molecule has 1 aliphatic heterocycles. The van der Waals surface area contributed by atoms with Gasteiger partial charge in [-0.2, -0.15) is 0 Å². The summed E-state index contributed by atoms with van der Waals surface area (Å²) >= 11 is 0. The third kappa shape index (κ3) is 3.57. The summed E-state index contributed by atoms with van der Waals surface area (Å²) < 4.78 is 5.34. The Balaban J connectivity index is 1.79. The molecule has 1 saturated heterocycles. The number of aromatic nitrogens is 1. The van der Waals surface area contributed by atoms with Crippen LogP contribution in [-0.4, -0.2) is 54.2 Å². The minimum atomic E-state index is -0.383. The summed E-state index contributed by atoms with van der Waals surface area (Å²) in [5.41, 5.74) is 2.14. The fourth-order valence-corrected chi connectivity index (χ4v) is 2.83. The molecule has 0 atom stereocenters. The molecule has 0 radical (unpaired) electrons. The number of ether oxygens (including phenoxy) is 1. The molecule has 7 heteroatoms. The van der Waals surface area contributed by atoms with Crippen molar-refractivity contribution in [2.75, 3.05) is 44.7 Å². The normalized spacial score (nSPS) is 15.7. The Hall–Kier alpha value is -2.25. The number of nitro benzene ring substituents is 1. The van der Waals surface area contributed by atoms with Crippen LogP contribution in [0.3, 0.4) is 0 Å². The molecule has 0 amide bonds. The van der Waals surface area contributed by atoms with Crippen LogP contribution >= 0.6 is 0 Å². The van der Waals surface area contributed by atoms with Crippen LogP contribution in [0.1, 0.15) is 5.69 Å². The molecule has 1 aliphatic rings. The van der Waals surface area contributed by atoms with Gasteiger partial charge in [-0.3, -0.25) is 15.0 Å². The number of nitro groups is 1. The average Bonchev–Trinajstić information content (AvgIpc) is 2.55. The largest absolute Gasteiger partial charge is 0.383 e. The first-order valence-corrected chi connectivity index (χ1v) is 7.74. The zero-order valence-electron chi connectivity index (χ0n) is 13.1. The third-order valence-electron chi connectivity index (χ3n) is 3.99. The van der Waals surface area contributed by atoms with Gasteiger partial charge >= 0.3 is 0 Å². The molecule has 2 heterocycles. The predicted molar refractivity (Wildman–Crippen MR) is 88.9 cm³/mol. The summed E-state index contributed by atoms with van der Waals surface area (Å²) in [6, 6.07) is 6.99. The van der Waals surface area contributed by atoms with Gasteiger partial charge in [0.05, 0.1) is 18.1 Å². The van der Waals surface area contributed by atoms with Crippen molar-refractivity contribution in [1.82, 2.24) is 9.88 Å². The summed E-state index contributed by atoms with van der Waals surface area (Å²) in [7, 11) is 0. The summed E-state index contributed by atoms with van der Waals surface area (Å²) in [5, 5.41) is 15.4. The highest BCUT2D eigenvalue weighted by Crippen LogP contribution is 2.29. The minimum Gasteiger partial charge on any atom is -0.383 e. The van der Waals surface area contributed by atoms with Gasteiger partial charge in [0.25, 0.3) is 5.69 Å². The maximum Gasteiger partial charge on any atom is 0.295 e. The fourth-order valence-electron chi connectivity index (χ4n) is 2.83. The molecule has 2 aromatic rings.